The number of anilines is 1. The first kappa shape index (κ1) is 17.6. The molecule has 1 aromatic carbocycles. The van der Waals surface area contributed by atoms with Gasteiger partial charge in [-0.3, -0.25) is 4.68 Å². The molecule has 9 nitrogen and oxygen atoms in total. The zero-order valence-electron chi connectivity index (χ0n) is 15.0. The molecule has 0 aliphatic rings. The predicted molar refractivity (Wildman–Crippen MR) is 95.6 cm³/mol. The Labute approximate surface area is 150 Å². The fourth-order valence-corrected chi connectivity index (χ4v) is 2.49. The van der Waals surface area contributed by atoms with Crippen LogP contribution in [-0.2, 0) is 6.54 Å². The molecule has 0 saturated carbocycles. The Hall–Kier alpha value is -3.23. The van der Waals surface area contributed by atoms with E-state index in [1.807, 2.05) is 30.7 Å². The van der Waals surface area contributed by atoms with Crippen LogP contribution in [0.5, 0.6) is 0 Å². The molecule has 0 aliphatic carbocycles. The second kappa shape index (κ2) is 7.77. The van der Waals surface area contributed by atoms with E-state index in [4.69, 9.17) is 4.52 Å². The van der Waals surface area contributed by atoms with E-state index >= 15 is 0 Å². The third kappa shape index (κ3) is 4.44. The van der Waals surface area contributed by atoms with Gasteiger partial charge in [0.2, 0.25) is 0 Å². The number of amides is 2. The van der Waals surface area contributed by atoms with E-state index in [0.29, 0.717) is 30.5 Å². The molecule has 2 aromatic heterocycles. The van der Waals surface area contributed by atoms with Gasteiger partial charge in [0.15, 0.2) is 5.82 Å². The minimum atomic E-state index is -0.252. The summed E-state index contributed by atoms with van der Waals surface area (Å²) in [5, 5.41) is 13.7. The molecule has 0 radical (unpaired) electrons. The van der Waals surface area contributed by atoms with Gasteiger partial charge in [0.1, 0.15) is 11.6 Å². The Morgan fingerprint density at radius 2 is 1.88 bits per heavy atom. The maximum Gasteiger partial charge on any atom is 0.319 e. The molecule has 0 spiro atoms. The van der Waals surface area contributed by atoms with Gasteiger partial charge in [0, 0.05) is 24.3 Å². The molecule has 136 valence electrons. The predicted octanol–water partition coefficient (Wildman–Crippen LogP) is 2.47. The van der Waals surface area contributed by atoms with Gasteiger partial charge in [-0.05, 0) is 51.5 Å². The van der Waals surface area contributed by atoms with Crippen molar-refractivity contribution >= 4 is 11.7 Å². The average molecular weight is 355 g/mol. The lowest BCUT2D eigenvalue weighted by Gasteiger charge is -2.08. The first-order chi connectivity index (χ1) is 12.5. The standard InChI is InChI=1S/C17H21N7O2/c1-11-19-13(3)24(22-11)10-4-9-18-17(25)21-15-7-5-14(6-8-15)16-20-12(2)23-26-16/h5-8H,4,9-10H2,1-3H3,(H2,18,21,25). The van der Waals surface area contributed by atoms with Crippen molar-refractivity contribution in [1.82, 2.24) is 30.2 Å². The third-order valence-electron chi connectivity index (χ3n) is 3.71. The molecule has 0 aliphatic heterocycles. The van der Waals surface area contributed by atoms with E-state index in [0.717, 1.165) is 23.6 Å². The SMILES string of the molecule is Cc1noc(-c2ccc(NC(=O)NCCCn3nc(C)nc3C)cc2)n1. The largest absolute Gasteiger partial charge is 0.338 e. The van der Waals surface area contributed by atoms with Gasteiger partial charge in [-0.1, -0.05) is 5.16 Å². The van der Waals surface area contributed by atoms with E-state index in [1.54, 1.807) is 19.1 Å². The fraction of sp³-hybridized carbons (Fsp3) is 0.353. The normalized spacial score (nSPS) is 10.7. The summed E-state index contributed by atoms with van der Waals surface area (Å²) in [5.74, 6) is 2.67. The summed E-state index contributed by atoms with van der Waals surface area (Å²) in [4.78, 5) is 20.4. The second-order valence-electron chi connectivity index (χ2n) is 5.89. The number of nitrogens with zero attached hydrogens (tertiary/aromatic N) is 5. The number of urea groups is 1. The minimum absolute atomic E-state index is 0.252. The summed E-state index contributed by atoms with van der Waals surface area (Å²) in [7, 11) is 0. The van der Waals surface area contributed by atoms with Crippen LogP contribution in [0.3, 0.4) is 0 Å². The number of hydrogen-bond donors (Lipinski definition) is 2. The van der Waals surface area contributed by atoms with Gasteiger partial charge in [-0.15, -0.1) is 0 Å². The van der Waals surface area contributed by atoms with E-state index in [2.05, 4.69) is 30.9 Å². The molecule has 0 atom stereocenters. The first-order valence-electron chi connectivity index (χ1n) is 8.35. The third-order valence-corrected chi connectivity index (χ3v) is 3.71. The molecule has 3 rings (SSSR count). The zero-order chi connectivity index (χ0) is 18.5. The van der Waals surface area contributed by atoms with Crippen LogP contribution in [0, 0.1) is 20.8 Å². The number of hydrogen-bond acceptors (Lipinski definition) is 6. The Bertz CT molecular complexity index is 883. The van der Waals surface area contributed by atoms with Crippen molar-refractivity contribution in [3.63, 3.8) is 0 Å². The number of rotatable bonds is 6. The van der Waals surface area contributed by atoms with Crippen LogP contribution in [-0.4, -0.2) is 37.5 Å². The molecular weight excluding hydrogens is 334 g/mol. The van der Waals surface area contributed by atoms with Crippen molar-refractivity contribution < 1.29 is 9.32 Å². The molecule has 0 saturated heterocycles. The Morgan fingerprint density at radius 3 is 2.50 bits per heavy atom. The fourth-order valence-electron chi connectivity index (χ4n) is 2.49. The monoisotopic (exact) mass is 355 g/mol. The van der Waals surface area contributed by atoms with Crippen molar-refractivity contribution in [2.75, 3.05) is 11.9 Å². The summed E-state index contributed by atoms with van der Waals surface area (Å²) in [6.45, 7) is 6.80. The molecular formula is C17H21N7O2. The number of benzene rings is 1. The highest BCUT2D eigenvalue weighted by Crippen LogP contribution is 2.19. The second-order valence-corrected chi connectivity index (χ2v) is 5.89. The van der Waals surface area contributed by atoms with Gasteiger partial charge in [0.05, 0.1) is 0 Å². The van der Waals surface area contributed by atoms with Crippen molar-refractivity contribution in [2.24, 2.45) is 0 Å². The maximum absolute atomic E-state index is 12.0. The van der Waals surface area contributed by atoms with E-state index in [1.165, 1.54) is 0 Å². The Morgan fingerprint density at radius 1 is 1.12 bits per heavy atom. The van der Waals surface area contributed by atoms with Crippen molar-refractivity contribution in [1.29, 1.82) is 0 Å². The maximum atomic E-state index is 12.0. The Kier molecular flexibility index (Phi) is 5.26. The number of carbonyl (C=O) groups excluding carboxylic acids is 1. The Balaban J connectivity index is 1.44. The van der Waals surface area contributed by atoms with Crippen LogP contribution < -0.4 is 10.6 Å². The van der Waals surface area contributed by atoms with E-state index in [-0.39, 0.29) is 6.03 Å². The molecule has 26 heavy (non-hydrogen) atoms. The van der Waals surface area contributed by atoms with E-state index in [9.17, 15) is 4.79 Å². The highest BCUT2D eigenvalue weighted by Gasteiger charge is 2.07. The topological polar surface area (TPSA) is 111 Å². The van der Waals surface area contributed by atoms with Crippen LogP contribution in [0.15, 0.2) is 28.8 Å². The average Bonchev–Trinajstić information content (AvgIpc) is 3.17. The molecule has 0 fully saturated rings. The summed E-state index contributed by atoms with van der Waals surface area (Å²) < 4.78 is 6.95. The van der Waals surface area contributed by atoms with Crippen molar-refractivity contribution in [3.05, 3.63) is 41.7 Å². The van der Waals surface area contributed by atoms with Gasteiger partial charge in [-0.25, -0.2) is 9.78 Å². The van der Waals surface area contributed by atoms with Crippen LogP contribution in [0.25, 0.3) is 11.5 Å². The van der Waals surface area contributed by atoms with Crippen molar-refractivity contribution in [2.45, 2.75) is 33.7 Å². The molecule has 2 amide bonds. The highest BCUT2D eigenvalue weighted by atomic mass is 16.5. The molecule has 2 N–H and O–H groups in total. The lowest BCUT2D eigenvalue weighted by molar-refractivity contribution is 0.251. The van der Waals surface area contributed by atoms with Gasteiger partial charge in [-0.2, -0.15) is 10.1 Å². The number of nitrogens with one attached hydrogen (secondary N) is 2. The summed E-state index contributed by atoms with van der Waals surface area (Å²) in [5.41, 5.74) is 1.49. The number of aromatic nitrogens is 5. The number of carbonyl (C=O) groups is 1. The van der Waals surface area contributed by atoms with Gasteiger partial charge in [0.25, 0.3) is 5.89 Å². The summed E-state index contributed by atoms with van der Waals surface area (Å²) >= 11 is 0. The van der Waals surface area contributed by atoms with Gasteiger partial charge < -0.3 is 15.2 Å². The smallest absolute Gasteiger partial charge is 0.319 e. The van der Waals surface area contributed by atoms with Gasteiger partial charge >= 0.3 is 6.03 Å². The van der Waals surface area contributed by atoms with Crippen LogP contribution >= 0.6 is 0 Å². The molecule has 2 heterocycles. The van der Waals surface area contributed by atoms with Crippen LogP contribution in [0.1, 0.15) is 23.9 Å². The van der Waals surface area contributed by atoms with E-state index < -0.39 is 0 Å². The summed E-state index contributed by atoms with van der Waals surface area (Å²) in [6, 6.07) is 6.96. The van der Waals surface area contributed by atoms with Crippen LogP contribution in [0.2, 0.25) is 0 Å². The number of aryl methyl sites for hydroxylation is 4. The lowest BCUT2D eigenvalue weighted by Crippen LogP contribution is -2.30. The molecule has 3 aromatic rings. The highest BCUT2D eigenvalue weighted by molar-refractivity contribution is 5.89. The van der Waals surface area contributed by atoms with Crippen LogP contribution in [0.4, 0.5) is 10.5 Å². The minimum Gasteiger partial charge on any atom is -0.338 e. The molecule has 0 unspecified atom stereocenters. The summed E-state index contributed by atoms with van der Waals surface area (Å²) in [6.07, 6.45) is 0.770. The quantitative estimate of drug-likeness (QED) is 0.657. The first-order valence-corrected chi connectivity index (χ1v) is 8.35. The van der Waals surface area contributed by atoms with Crippen molar-refractivity contribution in [3.8, 4) is 11.5 Å². The molecule has 9 heteroatoms. The zero-order valence-corrected chi connectivity index (χ0v) is 15.0. The lowest BCUT2D eigenvalue weighted by atomic mass is 10.2. The molecule has 0 bridgehead atoms.